The van der Waals surface area contributed by atoms with Crippen molar-refractivity contribution in [1.29, 1.82) is 0 Å². The second-order valence-corrected chi connectivity index (χ2v) is 4.87. The number of nitrogens with one attached hydrogen (secondary N) is 1. The first-order valence-electron chi connectivity index (χ1n) is 3.96. The fourth-order valence-corrected chi connectivity index (χ4v) is 1.41. The molecule has 0 aliphatic heterocycles. The fourth-order valence-electron chi connectivity index (χ4n) is 1.41. The molecule has 0 aromatic heterocycles. The third-order valence-electron chi connectivity index (χ3n) is 1.65. The van der Waals surface area contributed by atoms with E-state index in [1.54, 1.807) is 0 Å². The molecule has 10 heavy (non-hydrogen) atoms. The molecule has 1 N–H and O–H groups in total. The zero-order valence-electron chi connectivity index (χ0n) is 8.21. The van der Waals surface area contributed by atoms with Crippen LogP contribution < -0.4 is 5.32 Å². The van der Waals surface area contributed by atoms with Gasteiger partial charge in [-0.05, 0) is 32.7 Å². The van der Waals surface area contributed by atoms with Gasteiger partial charge in [-0.25, -0.2) is 0 Å². The van der Waals surface area contributed by atoms with Gasteiger partial charge in [0.05, 0.1) is 0 Å². The third kappa shape index (κ3) is 4.80. The standard InChI is InChI=1S/C9H21N/c1-8(2,3)7-9(4,5)10-6/h10H,7H2,1-6H3. The number of rotatable bonds is 2. The second-order valence-electron chi connectivity index (χ2n) is 4.87. The molecular weight excluding hydrogens is 122 g/mol. The van der Waals surface area contributed by atoms with Crippen molar-refractivity contribution in [2.45, 2.75) is 46.6 Å². The van der Waals surface area contributed by atoms with Gasteiger partial charge in [0.2, 0.25) is 0 Å². The molecule has 0 aliphatic rings. The molecule has 0 fully saturated rings. The van der Waals surface area contributed by atoms with Gasteiger partial charge in [-0.2, -0.15) is 0 Å². The maximum absolute atomic E-state index is 3.30. The van der Waals surface area contributed by atoms with Gasteiger partial charge in [0.15, 0.2) is 0 Å². The van der Waals surface area contributed by atoms with Crippen LogP contribution in [0.2, 0.25) is 0 Å². The highest BCUT2D eigenvalue weighted by Gasteiger charge is 2.22. The summed E-state index contributed by atoms with van der Waals surface area (Å²) < 4.78 is 0. The van der Waals surface area contributed by atoms with E-state index in [2.05, 4.69) is 39.9 Å². The lowest BCUT2D eigenvalue weighted by Gasteiger charge is -2.31. The molecule has 0 bridgehead atoms. The first kappa shape index (κ1) is 9.96. The Bertz CT molecular complexity index is 97.8. The van der Waals surface area contributed by atoms with E-state index in [0.29, 0.717) is 5.41 Å². The molecular formula is C9H21N. The molecule has 0 unspecified atom stereocenters. The second kappa shape index (κ2) is 2.91. The predicted molar refractivity (Wildman–Crippen MR) is 47.2 cm³/mol. The molecule has 0 heterocycles. The van der Waals surface area contributed by atoms with E-state index in [-0.39, 0.29) is 5.54 Å². The minimum atomic E-state index is 0.276. The normalized spacial score (nSPS) is 13.8. The molecule has 1 heteroatoms. The van der Waals surface area contributed by atoms with Gasteiger partial charge in [0, 0.05) is 5.54 Å². The first-order chi connectivity index (χ1) is 4.27. The molecule has 0 rings (SSSR count). The van der Waals surface area contributed by atoms with Crippen molar-refractivity contribution in [1.82, 2.24) is 5.32 Å². The smallest absolute Gasteiger partial charge is 0.0127 e. The molecule has 0 radical (unpaired) electrons. The highest BCUT2D eigenvalue weighted by atomic mass is 14.9. The van der Waals surface area contributed by atoms with Crippen molar-refractivity contribution in [2.75, 3.05) is 7.05 Å². The van der Waals surface area contributed by atoms with E-state index in [0.717, 1.165) is 0 Å². The summed E-state index contributed by atoms with van der Waals surface area (Å²) in [7, 11) is 2.02. The van der Waals surface area contributed by atoms with Gasteiger partial charge >= 0.3 is 0 Å². The lowest BCUT2D eigenvalue weighted by molar-refractivity contribution is 0.254. The van der Waals surface area contributed by atoms with Gasteiger partial charge in [0.25, 0.3) is 0 Å². The first-order valence-corrected chi connectivity index (χ1v) is 3.96. The minimum Gasteiger partial charge on any atom is -0.315 e. The quantitative estimate of drug-likeness (QED) is 0.626. The van der Waals surface area contributed by atoms with Gasteiger partial charge in [0.1, 0.15) is 0 Å². The van der Waals surface area contributed by atoms with Crippen LogP contribution in [0.1, 0.15) is 41.0 Å². The van der Waals surface area contributed by atoms with Crippen LogP contribution in [0.4, 0.5) is 0 Å². The summed E-state index contributed by atoms with van der Waals surface area (Å²) in [6.07, 6.45) is 1.20. The average Bonchev–Trinajstić information content (AvgIpc) is 1.60. The summed E-state index contributed by atoms with van der Waals surface area (Å²) in [6.45, 7) is 11.3. The van der Waals surface area contributed by atoms with Gasteiger partial charge in [-0.15, -0.1) is 0 Å². The molecule has 62 valence electrons. The lowest BCUT2D eigenvalue weighted by Crippen LogP contribution is -2.39. The lowest BCUT2D eigenvalue weighted by atomic mass is 9.82. The van der Waals surface area contributed by atoms with Crippen LogP contribution in [0.15, 0.2) is 0 Å². The zero-order chi connectivity index (χ0) is 8.41. The summed E-state index contributed by atoms with van der Waals surface area (Å²) in [5.74, 6) is 0. The molecule has 0 aromatic carbocycles. The molecule has 0 atom stereocenters. The SMILES string of the molecule is CNC(C)(C)CC(C)(C)C. The molecule has 0 aliphatic carbocycles. The van der Waals surface area contributed by atoms with Gasteiger partial charge in [-0.1, -0.05) is 20.8 Å². The van der Waals surface area contributed by atoms with Crippen LogP contribution in [0.5, 0.6) is 0 Å². The van der Waals surface area contributed by atoms with E-state index in [1.807, 2.05) is 7.05 Å². The summed E-state index contributed by atoms with van der Waals surface area (Å²) in [4.78, 5) is 0. The number of hydrogen-bond acceptors (Lipinski definition) is 1. The highest BCUT2D eigenvalue weighted by molar-refractivity contribution is 4.81. The fraction of sp³-hybridized carbons (Fsp3) is 1.00. The van der Waals surface area contributed by atoms with Crippen molar-refractivity contribution in [3.05, 3.63) is 0 Å². The Kier molecular flexibility index (Phi) is 2.90. The average molecular weight is 143 g/mol. The van der Waals surface area contributed by atoms with Crippen LogP contribution in [-0.2, 0) is 0 Å². The topological polar surface area (TPSA) is 12.0 Å². The van der Waals surface area contributed by atoms with Crippen molar-refractivity contribution >= 4 is 0 Å². The van der Waals surface area contributed by atoms with Crippen molar-refractivity contribution in [2.24, 2.45) is 5.41 Å². The molecule has 0 aromatic rings. The summed E-state index contributed by atoms with van der Waals surface area (Å²) in [5.41, 5.74) is 0.699. The largest absolute Gasteiger partial charge is 0.315 e. The summed E-state index contributed by atoms with van der Waals surface area (Å²) in [6, 6.07) is 0. The van der Waals surface area contributed by atoms with Gasteiger partial charge < -0.3 is 5.32 Å². The van der Waals surface area contributed by atoms with Gasteiger partial charge in [-0.3, -0.25) is 0 Å². The van der Waals surface area contributed by atoms with E-state index in [4.69, 9.17) is 0 Å². The Morgan fingerprint density at radius 3 is 1.50 bits per heavy atom. The van der Waals surface area contributed by atoms with E-state index in [1.165, 1.54) is 6.42 Å². The highest BCUT2D eigenvalue weighted by Crippen LogP contribution is 2.26. The minimum absolute atomic E-state index is 0.276. The summed E-state index contributed by atoms with van der Waals surface area (Å²) in [5, 5.41) is 3.30. The summed E-state index contributed by atoms with van der Waals surface area (Å²) >= 11 is 0. The maximum Gasteiger partial charge on any atom is 0.0127 e. The van der Waals surface area contributed by atoms with Crippen LogP contribution in [0.3, 0.4) is 0 Å². The molecule has 0 saturated heterocycles. The molecule has 0 amide bonds. The van der Waals surface area contributed by atoms with Crippen LogP contribution in [0, 0.1) is 5.41 Å². The Hall–Kier alpha value is -0.0400. The Balaban J connectivity index is 3.89. The van der Waals surface area contributed by atoms with Crippen molar-refractivity contribution in [3.8, 4) is 0 Å². The monoisotopic (exact) mass is 143 g/mol. The Labute approximate surface area is 65.2 Å². The van der Waals surface area contributed by atoms with Crippen molar-refractivity contribution < 1.29 is 0 Å². The Morgan fingerprint density at radius 2 is 1.40 bits per heavy atom. The molecule has 1 nitrogen and oxygen atoms in total. The van der Waals surface area contributed by atoms with E-state index < -0.39 is 0 Å². The van der Waals surface area contributed by atoms with E-state index >= 15 is 0 Å². The number of hydrogen-bond donors (Lipinski definition) is 1. The van der Waals surface area contributed by atoms with Crippen LogP contribution >= 0.6 is 0 Å². The molecule has 0 saturated carbocycles. The Morgan fingerprint density at radius 1 is 1.00 bits per heavy atom. The zero-order valence-corrected chi connectivity index (χ0v) is 8.21. The predicted octanol–water partition coefficient (Wildman–Crippen LogP) is 2.42. The van der Waals surface area contributed by atoms with E-state index in [9.17, 15) is 0 Å². The molecule has 0 spiro atoms. The third-order valence-corrected chi connectivity index (χ3v) is 1.65. The van der Waals surface area contributed by atoms with Crippen molar-refractivity contribution in [3.63, 3.8) is 0 Å². The maximum atomic E-state index is 3.30. The van der Waals surface area contributed by atoms with Crippen LogP contribution in [0.25, 0.3) is 0 Å². The van der Waals surface area contributed by atoms with Crippen LogP contribution in [-0.4, -0.2) is 12.6 Å².